The summed E-state index contributed by atoms with van der Waals surface area (Å²) in [6.45, 7) is 0.766. The van der Waals surface area contributed by atoms with Gasteiger partial charge in [0.15, 0.2) is 0 Å². The van der Waals surface area contributed by atoms with Gasteiger partial charge in [0.1, 0.15) is 17.2 Å². The van der Waals surface area contributed by atoms with Crippen molar-refractivity contribution in [1.82, 2.24) is 0 Å². The van der Waals surface area contributed by atoms with Crippen molar-refractivity contribution in [1.29, 1.82) is 0 Å². The first-order chi connectivity index (χ1) is 7.25. The van der Waals surface area contributed by atoms with E-state index in [1.54, 1.807) is 12.1 Å². The Balaban J connectivity index is 2.34. The lowest BCUT2D eigenvalue weighted by molar-refractivity contribution is 0.266. The molecule has 0 amide bonds. The van der Waals surface area contributed by atoms with Gasteiger partial charge in [0.25, 0.3) is 0 Å². The summed E-state index contributed by atoms with van der Waals surface area (Å²) in [5.74, 6) is 0.557. The van der Waals surface area contributed by atoms with Crippen LogP contribution in [0.1, 0.15) is 19.3 Å². The van der Waals surface area contributed by atoms with Crippen LogP contribution in [0.2, 0.25) is 0 Å². The number of hydrogen-bond donors (Lipinski definition) is 3. The summed E-state index contributed by atoms with van der Waals surface area (Å²) in [6.07, 6.45) is 2.59. The predicted molar refractivity (Wildman–Crippen MR) is 59.0 cm³/mol. The molecule has 84 valence electrons. The molecule has 0 aliphatic rings. The van der Waals surface area contributed by atoms with E-state index in [0.29, 0.717) is 12.4 Å². The Morgan fingerprint density at radius 3 is 2.73 bits per heavy atom. The first-order valence-electron chi connectivity index (χ1n) is 5.07. The van der Waals surface area contributed by atoms with Crippen LogP contribution in [-0.4, -0.2) is 23.4 Å². The lowest BCUT2D eigenvalue weighted by Gasteiger charge is -2.09. The molecule has 0 aliphatic carbocycles. The zero-order valence-corrected chi connectivity index (χ0v) is 8.65. The van der Waals surface area contributed by atoms with Gasteiger partial charge in [-0.15, -0.1) is 0 Å². The second-order valence-electron chi connectivity index (χ2n) is 3.32. The molecule has 0 heterocycles. The van der Waals surface area contributed by atoms with Gasteiger partial charge in [-0.2, -0.15) is 0 Å². The van der Waals surface area contributed by atoms with E-state index in [9.17, 15) is 5.11 Å². The number of anilines is 1. The number of ether oxygens (including phenoxy) is 1. The fourth-order valence-electron chi connectivity index (χ4n) is 1.23. The van der Waals surface area contributed by atoms with Gasteiger partial charge in [-0.1, -0.05) is 6.07 Å². The largest absolute Gasteiger partial charge is 0.506 e. The van der Waals surface area contributed by atoms with Crippen LogP contribution in [0.5, 0.6) is 11.5 Å². The molecular weight excluding hydrogens is 194 g/mol. The number of phenolic OH excluding ortho intramolecular Hbond substituents is 1. The zero-order chi connectivity index (χ0) is 11.1. The molecule has 0 unspecified atom stereocenters. The molecule has 0 spiro atoms. The van der Waals surface area contributed by atoms with E-state index in [2.05, 4.69) is 0 Å². The Hall–Kier alpha value is -1.42. The van der Waals surface area contributed by atoms with Crippen LogP contribution >= 0.6 is 0 Å². The highest BCUT2D eigenvalue weighted by molar-refractivity contribution is 5.61. The number of aliphatic hydroxyl groups excluding tert-OH is 1. The molecule has 4 heteroatoms. The van der Waals surface area contributed by atoms with Crippen LogP contribution in [0.25, 0.3) is 0 Å². The highest BCUT2D eigenvalue weighted by atomic mass is 16.5. The molecule has 0 aliphatic heterocycles. The quantitative estimate of drug-likeness (QED) is 0.379. The maximum absolute atomic E-state index is 9.30. The molecule has 4 nitrogen and oxygen atoms in total. The van der Waals surface area contributed by atoms with Crippen molar-refractivity contribution in [3.8, 4) is 11.5 Å². The zero-order valence-electron chi connectivity index (χ0n) is 8.65. The molecule has 15 heavy (non-hydrogen) atoms. The van der Waals surface area contributed by atoms with Gasteiger partial charge in [0.05, 0.1) is 6.61 Å². The lowest BCUT2D eigenvalue weighted by atomic mass is 10.2. The van der Waals surface area contributed by atoms with Gasteiger partial charge in [-0.3, -0.25) is 0 Å². The van der Waals surface area contributed by atoms with Gasteiger partial charge in [0.2, 0.25) is 0 Å². The molecule has 0 aromatic heterocycles. The van der Waals surface area contributed by atoms with Crippen molar-refractivity contribution in [2.45, 2.75) is 19.3 Å². The molecule has 0 saturated heterocycles. The van der Waals surface area contributed by atoms with Crippen molar-refractivity contribution in [2.75, 3.05) is 18.9 Å². The number of hydrogen-bond acceptors (Lipinski definition) is 4. The fraction of sp³-hybridized carbons (Fsp3) is 0.455. The summed E-state index contributed by atoms with van der Waals surface area (Å²) in [6, 6.07) is 4.93. The predicted octanol–water partition coefficient (Wildman–Crippen LogP) is 1.52. The maximum atomic E-state index is 9.30. The average Bonchev–Trinajstić information content (AvgIpc) is 2.24. The van der Waals surface area contributed by atoms with Crippen LogP contribution < -0.4 is 10.5 Å². The molecule has 0 fully saturated rings. The first kappa shape index (κ1) is 11.7. The van der Waals surface area contributed by atoms with E-state index in [-0.39, 0.29) is 18.0 Å². The molecule has 4 N–H and O–H groups in total. The second-order valence-corrected chi connectivity index (χ2v) is 3.32. The molecular formula is C11H17NO3. The van der Waals surface area contributed by atoms with Crippen LogP contribution in [-0.2, 0) is 0 Å². The molecule has 1 aromatic rings. The number of aliphatic hydroxyl groups is 1. The number of aromatic hydroxyl groups is 1. The van der Waals surface area contributed by atoms with Gasteiger partial charge in [0, 0.05) is 6.61 Å². The molecule has 1 aromatic carbocycles. The SMILES string of the molecule is Nc1c(O)cccc1OCCCCCO. The molecule has 0 bridgehead atoms. The fourth-order valence-corrected chi connectivity index (χ4v) is 1.23. The third kappa shape index (κ3) is 3.67. The highest BCUT2D eigenvalue weighted by Gasteiger charge is 2.03. The Morgan fingerprint density at radius 2 is 2.00 bits per heavy atom. The number of benzene rings is 1. The number of rotatable bonds is 6. The van der Waals surface area contributed by atoms with E-state index in [1.165, 1.54) is 6.07 Å². The summed E-state index contributed by atoms with van der Waals surface area (Å²) in [7, 11) is 0. The molecule has 0 atom stereocenters. The minimum absolute atomic E-state index is 0.0443. The van der Waals surface area contributed by atoms with Crippen molar-refractivity contribution >= 4 is 5.69 Å². The topological polar surface area (TPSA) is 75.7 Å². The smallest absolute Gasteiger partial charge is 0.145 e. The summed E-state index contributed by atoms with van der Waals surface area (Å²) < 4.78 is 5.40. The summed E-state index contributed by atoms with van der Waals surface area (Å²) in [5.41, 5.74) is 5.89. The van der Waals surface area contributed by atoms with E-state index >= 15 is 0 Å². The third-order valence-corrected chi connectivity index (χ3v) is 2.10. The van der Waals surface area contributed by atoms with Crippen molar-refractivity contribution < 1.29 is 14.9 Å². The van der Waals surface area contributed by atoms with Crippen molar-refractivity contribution in [3.05, 3.63) is 18.2 Å². The van der Waals surface area contributed by atoms with E-state index in [1.807, 2.05) is 0 Å². The van der Waals surface area contributed by atoms with E-state index in [4.69, 9.17) is 15.6 Å². The van der Waals surface area contributed by atoms with Crippen molar-refractivity contribution in [2.24, 2.45) is 0 Å². The monoisotopic (exact) mass is 211 g/mol. The van der Waals surface area contributed by atoms with Gasteiger partial charge >= 0.3 is 0 Å². The van der Waals surface area contributed by atoms with Gasteiger partial charge < -0.3 is 20.7 Å². The summed E-state index contributed by atoms with van der Waals surface area (Å²) in [4.78, 5) is 0. The normalized spacial score (nSPS) is 10.2. The van der Waals surface area contributed by atoms with E-state index in [0.717, 1.165) is 19.3 Å². The van der Waals surface area contributed by atoms with Crippen molar-refractivity contribution in [3.63, 3.8) is 0 Å². The summed E-state index contributed by atoms with van der Waals surface area (Å²) in [5, 5.41) is 17.9. The standard InChI is InChI=1S/C11H17NO3/c12-11-9(14)5-4-6-10(11)15-8-3-1-2-7-13/h4-6,13-14H,1-3,7-8,12H2. The van der Waals surface area contributed by atoms with Gasteiger partial charge in [-0.05, 0) is 31.4 Å². The Morgan fingerprint density at radius 1 is 1.20 bits per heavy atom. The number of nitrogens with two attached hydrogens (primary N) is 1. The summed E-state index contributed by atoms with van der Waals surface area (Å²) >= 11 is 0. The molecule has 0 radical (unpaired) electrons. The highest BCUT2D eigenvalue weighted by Crippen LogP contribution is 2.29. The third-order valence-electron chi connectivity index (χ3n) is 2.10. The number of nitrogen functional groups attached to an aromatic ring is 1. The molecule has 0 saturated carbocycles. The van der Waals surface area contributed by atoms with E-state index < -0.39 is 0 Å². The Kier molecular flexibility index (Phi) is 4.77. The number of unbranched alkanes of at least 4 members (excludes halogenated alkanes) is 2. The average molecular weight is 211 g/mol. The molecule has 1 rings (SSSR count). The van der Waals surface area contributed by atoms with Gasteiger partial charge in [-0.25, -0.2) is 0 Å². The Labute approximate surface area is 89.3 Å². The minimum atomic E-state index is 0.0443. The number of phenols is 1. The van der Waals surface area contributed by atoms with Crippen LogP contribution in [0.4, 0.5) is 5.69 Å². The first-order valence-corrected chi connectivity index (χ1v) is 5.07. The number of para-hydroxylation sites is 1. The van der Waals surface area contributed by atoms with Crippen LogP contribution in [0, 0.1) is 0 Å². The van der Waals surface area contributed by atoms with Crippen LogP contribution in [0.3, 0.4) is 0 Å². The van der Waals surface area contributed by atoms with Crippen LogP contribution in [0.15, 0.2) is 18.2 Å². The minimum Gasteiger partial charge on any atom is -0.506 e. The Bertz CT molecular complexity index is 302. The second kappa shape index (κ2) is 6.14. The maximum Gasteiger partial charge on any atom is 0.145 e. The lowest BCUT2D eigenvalue weighted by Crippen LogP contribution is -2.00.